The van der Waals surface area contributed by atoms with Crippen molar-refractivity contribution in [1.29, 1.82) is 0 Å². The molecule has 2 aromatic carbocycles. The minimum Gasteiger partial charge on any atom is -0.345 e. The minimum absolute atomic E-state index is 0.134. The molecule has 5 nitrogen and oxygen atoms in total. The maximum absolute atomic E-state index is 12.8. The number of carbonyl (C=O) groups is 2. The first-order chi connectivity index (χ1) is 13.5. The van der Waals surface area contributed by atoms with Crippen molar-refractivity contribution in [1.82, 2.24) is 10.6 Å². The van der Waals surface area contributed by atoms with E-state index in [4.69, 9.17) is 12.2 Å². The number of amides is 2. The molecular weight excluding hydrogens is 390 g/mol. The number of thiocarbonyl (C=S) groups is 1. The fourth-order valence-electron chi connectivity index (χ4n) is 2.62. The third-order valence-corrected chi connectivity index (χ3v) is 5.11. The molecule has 1 heterocycles. The monoisotopic (exact) mass is 409 g/mol. The van der Waals surface area contributed by atoms with Gasteiger partial charge in [-0.2, -0.15) is 0 Å². The molecule has 3 aromatic rings. The summed E-state index contributed by atoms with van der Waals surface area (Å²) in [5.41, 5.74) is 1.98. The number of hydrogen-bond donors (Lipinski definition) is 3. The van der Waals surface area contributed by atoms with Crippen LogP contribution in [0.3, 0.4) is 0 Å². The van der Waals surface area contributed by atoms with E-state index in [0.717, 1.165) is 5.56 Å². The quantitative estimate of drug-likeness (QED) is 0.548. The van der Waals surface area contributed by atoms with Gasteiger partial charge in [-0.3, -0.25) is 14.9 Å². The fraction of sp³-hybridized carbons (Fsp3) is 0.0952. The summed E-state index contributed by atoms with van der Waals surface area (Å²) in [4.78, 5) is 25.4. The standard InChI is InChI=1S/C21H19N3O2S2/c1-14(15-8-3-2-4-9-15)22-19(25)16-10-5-6-11-17(16)23-21(27)24-20(26)18-12-7-13-28-18/h2-14H,1H3,(H,22,25)(H2,23,24,26,27). The Bertz CT molecular complexity index is 972. The lowest BCUT2D eigenvalue weighted by Crippen LogP contribution is -2.34. The van der Waals surface area contributed by atoms with E-state index in [1.165, 1.54) is 11.3 Å². The van der Waals surface area contributed by atoms with Gasteiger partial charge in [0.1, 0.15) is 0 Å². The highest BCUT2D eigenvalue weighted by Gasteiger charge is 2.16. The molecule has 1 atom stereocenters. The van der Waals surface area contributed by atoms with Gasteiger partial charge in [0.15, 0.2) is 5.11 Å². The van der Waals surface area contributed by atoms with E-state index in [1.807, 2.05) is 42.6 Å². The number of nitrogens with one attached hydrogen (secondary N) is 3. The van der Waals surface area contributed by atoms with Crippen molar-refractivity contribution in [3.8, 4) is 0 Å². The van der Waals surface area contributed by atoms with Crippen LogP contribution >= 0.6 is 23.6 Å². The fourth-order valence-corrected chi connectivity index (χ4v) is 3.44. The molecule has 1 unspecified atom stereocenters. The number of carbonyl (C=O) groups excluding carboxylic acids is 2. The van der Waals surface area contributed by atoms with Gasteiger partial charge in [-0.15, -0.1) is 11.3 Å². The van der Waals surface area contributed by atoms with E-state index < -0.39 is 0 Å². The van der Waals surface area contributed by atoms with Gasteiger partial charge in [0, 0.05) is 0 Å². The molecule has 1 aromatic heterocycles. The van der Waals surface area contributed by atoms with E-state index in [2.05, 4.69) is 16.0 Å². The van der Waals surface area contributed by atoms with Crippen LogP contribution in [0.25, 0.3) is 0 Å². The highest BCUT2D eigenvalue weighted by Crippen LogP contribution is 2.18. The summed E-state index contributed by atoms with van der Waals surface area (Å²) in [5.74, 6) is -0.515. The molecule has 0 spiro atoms. The van der Waals surface area contributed by atoms with E-state index in [-0.39, 0.29) is 23.0 Å². The lowest BCUT2D eigenvalue weighted by molar-refractivity contribution is 0.0939. The molecule has 0 aliphatic heterocycles. The van der Waals surface area contributed by atoms with Gasteiger partial charge >= 0.3 is 0 Å². The number of thiophene rings is 1. The van der Waals surface area contributed by atoms with Crippen LogP contribution in [0.5, 0.6) is 0 Å². The van der Waals surface area contributed by atoms with Crippen LogP contribution < -0.4 is 16.0 Å². The Morgan fingerprint density at radius 3 is 2.36 bits per heavy atom. The van der Waals surface area contributed by atoms with E-state index >= 15 is 0 Å². The number of rotatable bonds is 5. The molecular formula is C21H19N3O2S2. The Morgan fingerprint density at radius 1 is 0.929 bits per heavy atom. The van der Waals surface area contributed by atoms with Crippen molar-refractivity contribution in [2.24, 2.45) is 0 Å². The van der Waals surface area contributed by atoms with E-state index in [1.54, 1.807) is 36.4 Å². The zero-order valence-electron chi connectivity index (χ0n) is 15.1. The molecule has 0 saturated carbocycles. The van der Waals surface area contributed by atoms with Crippen molar-refractivity contribution < 1.29 is 9.59 Å². The van der Waals surface area contributed by atoms with Crippen LogP contribution in [0.2, 0.25) is 0 Å². The molecule has 0 radical (unpaired) electrons. The highest BCUT2D eigenvalue weighted by molar-refractivity contribution is 7.80. The van der Waals surface area contributed by atoms with Crippen LogP contribution in [-0.2, 0) is 0 Å². The smallest absolute Gasteiger partial charge is 0.267 e. The number of hydrogen-bond acceptors (Lipinski definition) is 4. The largest absolute Gasteiger partial charge is 0.345 e. The molecule has 3 rings (SSSR count). The zero-order chi connectivity index (χ0) is 19.9. The van der Waals surface area contributed by atoms with Gasteiger partial charge in [0.25, 0.3) is 11.8 Å². The topological polar surface area (TPSA) is 70.2 Å². The molecule has 0 fully saturated rings. The summed E-state index contributed by atoms with van der Waals surface area (Å²) in [6.45, 7) is 1.93. The number of anilines is 1. The van der Waals surface area contributed by atoms with Gasteiger partial charge in [0.05, 0.1) is 22.2 Å². The molecule has 3 N–H and O–H groups in total. The Labute approximate surface area is 172 Å². The first-order valence-corrected chi connectivity index (χ1v) is 9.94. The van der Waals surface area contributed by atoms with Crippen molar-refractivity contribution in [2.75, 3.05) is 5.32 Å². The maximum Gasteiger partial charge on any atom is 0.267 e. The zero-order valence-corrected chi connectivity index (χ0v) is 16.8. The van der Waals surface area contributed by atoms with Crippen LogP contribution in [0.1, 0.15) is 38.6 Å². The minimum atomic E-state index is -0.285. The summed E-state index contributed by atoms with van der Waals surface area (Å²) in [6.07, 6.45) is 0. The number of benzene rings is 2. The van der Waals surface area contributed by atoms with Crippen molar-refractivity contribution in [3.05, 3.63) is 88.1 Å². The Kier molecular flexibility index (Phi) is 6.52. The van der Waals surface area contributed by atoms with E-state index in [9.17, 15) is 9.59 Å². The first kappa shape index (κ1) is 19.7. The molecule has 0 aliphatic carbocycles. The van der Waals surface area contributed by atoms with Crippen molar-refractivity contribution in [3.63, 3.8) is 0 Å². The Morgan fingerprint density at radius 2 is 1.64 bits per heavy atom. The summed E-state index contributed by atoms with van der Waals surface area (Å²) in [5, 5.41) is 10.5. The second-order valence-electron chi connectivity index (χ2n) is 6.04. The average molecular weight is 410 g/mol. The predicted octanol–water partition coefficient (Wildman–Crippen LogP) is 4.37. The van der Waals surface area contributed by atoms with Gasteiger partial charge < -0.3 is 10.6 Å². The molecule has 0 saturated heterocycles. The normalized spacial score (nSPS) is 11.3. The molecule has 28 heavy (non-hydrogen) atoms. The molecule has 142 valence electrons. The Hall–Kier alpha value is -3.03. The summed E-state index contributed by atoms with van der Waals surface area (Å²) in [6, 6.07) is 20.1. The van der Waals surface area contributed by atoms with E-state index in [0.29, 0.717) is 16.1 Å². The molecule has 0 bridgehead atoms. The lowest BCUT2D eigenvalue weighted by atomic mass is 10.1. The second-order valence-corrected chi connectivity index (χ2v) is 7.39. The molecule has 0 aliphatic rings. The van der Waals surface area contributed by atoms with Crippen LogP contribution in [-0.4, -0.2) is 16.9 Å². The third kappa shape index (κ3) is 5.03. The van der Waals surface area contributed by atoms with Crippen LogP contribution in [0, 0.1) is 0 Å². The molecule has 7 heteroatoms. The Balaban J connectivity index is 1.67. The van der Waals surface area contributed by atoms with Gasteiger partial charge in [-0.1, -0.05) is 48.5 Å². The van der Waals surface area contributed by atoms with Crippen LogP contribution in [0.15, 0.2) is 72.1 Å². The van der Waals surface area contributed by atoms with Crippen LogP contribution in [0.4, 0.5) is 5.69 Å². The van der Waals surface area contributed by atoms with Crippen molar-refractivity contribution >= 4 is 46.2 Å². The van der Waals surface area contributed by atoms with Crippen molar-refractivity contribution in [2.45, 2.75) is 13.0 Å². The van der Waals surface area contributed by atoms with Gasteiger partial charge in [-0.05, 0) is 48.3 Å². The van der Waals surface area contributed by atoms with Gasteiger partial charge in [-0.25, -0.2) is 0 Å². The third-order valence-electron chi connectivity index (χ3n) is 4.04. The maximum atomic E-state index is 12.8. The molecule has 2 amide bonds. The second kappa shape index (κ2) is 9.25. The predicted molar refractivity (Wildman–Crippen MR) is 117 cm³/mol. The SMILES string of the molecule is CC(NC(=O)c1ccccc1NC(=S)NC(=O)c1cccs1)c1ccccc1. The summed E-state index contributed by atoms with van der Waals surface area (Å²) < 4.78 is 0. The lowest BCUT2D eigenvalue weighted by Gasteiger charge is -2.17. The average Bonchev–Trinajstić information content (AvgIpc) is 3.24. The first-order valence-electron chi connectivity index (χ1n) is 8.65. The summed E-state index contributed by atoms with van der Waals surface area (Å²) in [7, 11) is 0. The van der Waals surface area contributed by atoms with Gasteiger partial charge in [0.2, 0.25) is 0 Å². The number of para-hydroxylation sites is 1. The summed E-state index contributed by atoms with van der Waals surface area (Å²) >= 11 is 6.56. The highest BCUT2D eigenvalue weighted by atomic mass is 32.1.